The summed E-state index contributed by atoms with van der Waals surface area (Å²) in [6.07, 6.45) is 0. The summed E-state index contributed by atoms with van der Waals surface area (Å²) in [4.78, 5) is 7.15. The first kappa shape index (κ1) is 13.2. The van der Waals surface area contributed by atoms with Crippen molar-refractivity contribution in [3.63, 3.8) is 0 Å². The van der Waals surface area contributed by atoms with E-state index in [-0.39, 0.29) is 23.3 Å². The number of nitrogens with two attached hydrogens (primary N) is 6. The molecule has 2 aromatic heterocycles. The molecule has 0 bridgehead atoms. The molecule has 18 heavy (non-hydrogen) atoms. The maximum absolute atomic E-state index is 5.38. The lowest BCUT2D eigenvalue weighted by Gasteiger charge is -2.01. The highest BCUT2D eigenvalue weighted by Crippen LogP contribution is 2.17. The van der Waals surface area contributed by atoms with Crippen LogP contribution in [0.5, 0.6) is 0 Å². The quantitative estimate of drug-likeness (QED) is 0.296. The largest absolute Gasteiger partial charge is 0.394 e. The zero-order valence-corrected chi connectivity index (χ0v) is 9.81. The van der Waals surface area contributed by atoms with Crippen LogP contribution < -0.4 is 34.4 Å². The van der Waals surface area contributed by atoms with E-state index < -0.39 is 0 Å². The molecule has 0 aromatic carbocycles. The number of nitrogens with one attached hydrogen (secondary N) is 1. The number of aryl methyl sites for hydroxylation is 1. The van der Waals surface area contributed by atoms with Gasteiger partial charge in [0.25, 0.3) is 0 Å². The first-order valence-electron chi connectivity index (χ1n) is 4.82. The summed E-state index contributed by atoms with van der Waals surface area (Å²) in [5, 5.41) is 6.28. The van der Waals surface area contributed by atoms with E-state index in [9.17, 15) is 0 Å². The van der Waals surface area contributed by atoms with Crippen molar-refractivity contribution in [2.75, 3.05) is 34.4 Å². The summed E-state index contributed by atoms with van der Waals surface area (Å²) in [5.74, 6) is 0.640. The minimum absolute atomic E-state index is 0.0317. The number of rotatable bonds is 0. The summed E-state index contributed by atoms with van der Waals surface area (Å²) in [6.45, 7) is 1.82. The van der Waals surface area contributed by atoms with Crippen LogP contribution in [0.25, 0.3) is 0 Å². The zero-order chi connectivity index (χ0) is 13.9. The standard InChI is InChI=1S/C4H8N6.C4H8N4/c5-1-2(6)9-4(8)10-3(1)7;1-2-3(5)4(6)8-7-2/h5H2,(H6,6,7,8,9,10);5H2,1H3,(H3,6,7,8). The third-order valence-corrected chi connectivity index (χ3v) is 2.05. The normalized spacial score (nSPS) is 9.61. The number of aromatic nitrogens is 4. The highest BCUT2D eigenvalue weighted by atomic mass is 15.2. The molecule has 0 unspecified atom stereocenters. The predicted molar refractivity (Wildman–Crippen MR) is 71.8 cm³/mol. The molecule has 10 nitrogen and oxygen atoms in total. The monoisotopic (exact) mass is 252 g/mol. The maximum atomic E-state index is 5.38. The highest BCUT2D eigenvalue weighted by molar-refractivity contribution is 5.71. The summed E-state index contributed by atoms with van der Waals surface area (Å²) in [6, 6.07) is 0. The van der Waals surface area contributed by atoms with Gasteiger partial charge in [-0.3, -0.25) is 5.10 Å². The van der Waals surface area contributed by atoms with Crippen molar-refractivity contribution in [1.82, 2.24) is 20.2 Å². The molecule has 0 aliphatic carbocycles. The van der Waals surface area contributed by atoms with Crippen molar-refractivity contribution in [2.24, 2.45) is 0 Å². The smallest absolute Gasteiger partial charge is 0.224 e. The lowest BCUT2D eigenvalue weighted by Crippen LogP contribution is -2.07. The Morgan fingerprint density at radius 3 is 1.56 bits per heavy atom. The molecule has 0 aliphatic heterocycles. The number of hydrogen-bond donors (Lipinski definition) is 7. The molecule has 2 heterocycles. The SMILES string of the molecule is Cc1[nH]nc(N)c1N.Nc1nc(N)c(N)c(N)n1. The van der Waals surface area contributed by atoms with Crippen molar-refractivity contribution in [1.29, 1.82) is 0 Å². The van der Waals surface area contributed by atoms with E-state index in [1.165, 1.54) is 0 Å². The van der Waals surface area contributed by atoms with Crippen molar-refractivity contribution in [2.45, 2.75) is 6.92 Å². The molecule has 0 atom stereocenters. The van der Waals surface area contributed by atoms with Crippen LogP contribution in [0.15, 0.2) is 0 Å². The number of aromatic amines is 1. The average Bonchev–Trinajstić information content (AvgIpc) is 2.58. The lowest BCUT2D eigenvalue weighted by molar-refractivity contribution is 1.05. The highest BCUT2D eigenvalue weighted by Gasteiger charge is 2.02. The van der Waals surface area contributed by atoms with Crippen molar-refractivity contribution < 1.29 is 0 Å². The summed E-state index contributed by atoms with van der Waals surface area (Å²) >= 11 is 0. The molecular formula is C8H16N10. The van der Waals surface area contributed by atoms with Crippen molar-refractivity contribution in [3.05, 3.63) is 5.69 Å². The van der Waals surface area contributed by atoms with Crippen LogP contribution in [0.4, 0.5) is 34.8 Å². The fraction of sp³-hybridized carbons (Fsp3) is 0.125. The minimum Gasteiger partial charge on any atom is -0.394 e. The van der Waals surface area contributed by atoms with Gasteiger partial charge in [0.05, 0.1) is 11.4 Å². The molecule has 0 fully saturated rings. The Hall–Kier alpha value is -2.91. The van der Waals surface area contributed by atoms with E-state index in [2.05, 4.69) is 20.2 Å². The third kappa shape index (κ3) is 2.81. The van der Waals surface area contributed by atoms with Crippen LogP contribution in [-0.4, -0.2) is 20.2 Å². The van der Waals surface area contributed by atoms with E-state index in [0.717, 1.165) is 5.69 Å². The lowest BCUT2D eigenvalue weighted by atomic mass is 10.4. The summed E-state index contributed by atoms with van der Waals surface area (Å²) in [5.41, 5.74) is 33.3. The van der Waals surface area contributed by atoms with Crippen LogP contribution in [0.3, 0.4) is 0 Å². The molecule has 2 aromatic rings. The second kappa shape index (κ2) is 4.95. The number of H-pyrrole nitrogens is 1. The molecule has 0 saturated carbocycles. The van der Waals surface area contributed by atoms with E-state index in [1.54, 1.807) is 0 Å². The van der Waals surface area contributed by atoms with E-state index in [0.29, 0.717) is 11.5 Å². The predicted octanol–water partition coefficient (Wildman–Crippen LogP) is -1.31. The zero-order valence-electron chi connectivity index (χ0n) is 9.81. The van der Waals surface area contributed by atoms with Gasteiger partial charge in [0.1, 0.15) is 5.69 Å². The van der Waals surface area contributed by atoms with Crippen LogP contribution in [0.1, 0.15) is 5.69 Å². The Balaban J connectivity index is 0.000000184. The van der Waals surface area contributed by atoms with Crippen molar-refractivity contribution in [3.8, 4) is 0 Å². The molecule has 98 valence electrons. The van der Waals surface area contributed by atoms with Crippen LogP contribution in [-0.2, 0) is 0 Å². The molecular weight excluding hydrogens is 236 g/mol. The Labute approximate surface area is 103 Å². The van der Waals surface area contributed by atoms with E-state index in [4.69, 9.17) is 34.4 Å². The van der Waals surface area contributed by atoms with Gasteiger partial charge in [0.15, 0.2) is 17.5 Å². The Morgan fingerprint density at radius 2 is 1.28 bits per heavy atom. The second-order valence-corrected chi connectivity index (χ2v) is 3.41. The first-order chi connectivity index (χ1) is 8.32. The van der Waals surface area contributed by atoms with Gasteiger partial charge in [-0.05, 0) is 6.92 Å². The summed E-state index contributed by atoms with van der Waals surface area (Å²) < 4.78 is 0. The molecule has 0 aliphatic rings. The van der Waals surface area contributed by atoms with Gasteiger partial charge in [-0.25, -0.2) is 0 Å². The molecule has 0 amide bonds. The molecule has 0 spiro atoms. The first-order valence-corrected chi connectivity index (χ1v) is 4.82. The fourth-order valence-corrected chi connectivity index (χ4v) is 0.980. The number of anilines is 6. The van der Waals surface area contributed by atoms with Gasteiger partial charge in [0, 0.05) is 0 Å². The van der Waals surface area contributed by atoms with Crippen LogP contribution in [0.2, 0.25) is 0 Å². The molecule has 0 radical (unpaired) electrons. The average molecular weight is 252 g/mol. The fourth-order valence-electron chi connectivity index (χ4n) is 0.980. The number of nitrogen functional groups attached to an aromatic ring is 6. The number of hydrogen-bond acceptors (Lipinski definition) is 9. The van der Waals surface area contributed by atoms with Crippen molar-refractivity contribution >= 4 is 34.8 Å². The van der Waals surface area contributed by atoms with Crippen LogP contribution >= 0.6 is 0 Å². The van der Waals surface area contributed by atoms with Gasteiger partial charge >= 0.3 is 0 Å². The van der Waals surface area contributed by atoms with E-state index >= 15 is 0 Å². The topological polar surface area (TPSA) is 211 Å². The van der Waals surface area contributed by atoms with Gasteiger partial charge in [-0.2, -0.15) is 15.1 Å². The molecule has 13 N–H and O–H groups in total. The Kier molecular flexibility index (Phi) is 3.62. The van der Waals surface area contributed by atoms with Gasteiger partial charge in [0.2, 0.25) is 5.95 Å². The molecule has 2 rings (SSSR count). The third-order valence-electron chi connectivity index (χ3n) is 2.05. The van der Waals surface area contributed by atoms with Gasteiger partial charge in [-0.1, -0.05) is 0 Å². The van der Waals surface area contributed by atoms with Crippen LogP contribution in [0, 0.1) is 6.92 Å². The number of nitrogens with zero attached hydrogens (tertiary/aromatic N) is 3. The Morgan fingerprint density at radius 1 is 0.778 bits per heavy atom. The Bertz CT molecular complexity index is 502. The molecule has 0 saturated heterocycles. The summed E-state index contributed by atoms with van der Waals surface area (Å²) in [7, 11) is 0. The van der Waals surface area contributed by atoms with E-state index in [1.807, 2.05) is 6.92 Å². The van der Waals surface area contributed by atoms with Gasteiger partial charge < -0.3 is 34.4 Å². The minimum atomic E-state index is 0.0317. The molecule has 10 heteroatoms. The maximum Gasteiger partial charge on any atom is 0.224 e. The van der Waals surface area contributed by atoms with Gasteiger partial charge in [-0.15, -0.1) is 0 Å². The second-order valence-electron chi connectivity index (χ2n) is 3.41.